The first kappa shape index (κ1) is 18.8. The smallest absolute Gasteiger partial charge is 0.326 e. The molecule has 25 heavy (non-hydrogen) atoms. The van der Waals surface area contributed by atoms with Gasteiger partial charge >= 0.3 is 6.18 Å². The average molecular weight is 372 g/mol. The summed E-state index contributed by atoms with van der Waals surface area (Å²) < 4.78 is 65.4. The summed E-state index contributed by atoms with van der Waals surface area (Å²) in [5.41, 5.74) is -0.522. The number of alkyl halides is 3. The van der Waals surface area contributed by atoms with Crippen molar-refractivity contribution in [1.82, 2.24) is 0 Å². The Bertz CT molecular complexity index is 909. The van der Waals surface area contributed by atoms with Gasteiger partial charge in [0.15, 0.2) is 0 Å². The van der Waals surface area contributed by atoms with Crippen LogP contribution in [0.5, 0.6) is 0 Å². The quantitative estimate of drug-likeness (QED) is 0.858. The number of benzene rings is 2. The van der Waals surface area contributed by atoms with Crippen LogP contribution in [0, 0.1) is 6.92 Å². The molecule has 0 spiro atoms. The van der Waals surface area contributed by atoms with Gasteiger partial charge < -0.3 is 5.32 Å². The highest BCUT2D eigenvalue weighted by Gasteiger charge is 2.30. The van der Waals surface area contributed by atoms with Crippen LogP contribution in [0.2, 0.25) is 0 Å². The van der Waals surface area contributed by atoms with Crippen molar-refractivity contribution in [3.63, 3.8) is 0 Å². The van der Waals surface area contributed by atoms with Crippen molar-refractivity contribution < 1.29 is 26.4 Å². The number of nitrogens with one attached hydrogen (secondary N) is 2. The molecule has 0 unspecified atom stereocenters. The Balaban J connectivity index is 2.38. The lowest BCUT2D eigenvalue weighted by Crippen LogP contribution is -2.16. The molecular weight excluding hydrogens is 357 g/mol. The van der Waals surface area contributed by atoms with Crippen LogP contribution in [0.3, 0.4) is 0 Å². The Morgan fingerprint density at radius 1 is 1.04 bits per heavy atom. The molecule has 0 heterocycles. The number of aryl methyl sites for hydroxylation is 1. The summed E-state index contributed by atoms with van der Waals surface area (Å²) in [7, 11) is -4.13. The number of rotatable bonds is 4. The minimum Gasteiger partial charge on any atom is -0.326 e. The minimum absolute atomic E-state index is 0.142. The van der Waals surface area contributed by atoms with E-state index in [1.54, 1.807) is 0 Å². The van der Waals surface area contributed by atoms with Crippen molar-refractivity contribution in [1.29, 1.82) is 0 Å². The van der Waals surface area contributed by atoms with Crippen LogP contribution in [0.4, 0.5) is 24.5 Å². The highest BCUT2D eigenvalue weighted by atomic mass is 32.2. The van der Waals surface area contributed by atoms with Gasteiger partial charge in [0.05, 0.1) is 10.5 Å². The van der Waals surface area contributed by atoms with Crippen LogP contribution < -0.4 is 10.0 Å². The number of halogens is 3. The van der Waals surface area contributed by atoms with Crippen molar-refractivity contribution in [2.45, 2.75) is 24.9 Å². The molecule has 0 aromatic heterocycles. The largest absolute Gasteiger partial charge is 0.416 e. The van der Waals surface area contributed by atoms with Gasteiger partial charge in [-0.05, 0) is 42.8 Å². The minimum atomic E-state index is -4.58. The van der Waals surface area contributed by atoms with E-state index >= 15 is 0 Å². The summed E-state index contributed by atoms with van der Waals surface area (Å²) in [5, 5.41) is 2.46. The SMILES string of the molecule is CC(=O)Nc1ccc(C)c(S(=O)(=O)Nc2cccc(C(F)(F)F)c2)c1. The lowest BCUT2D eigenvalue weighted by atomic mass is 10.2. The topological polar surface area (TPSA) is 75.3 Å². The third-order valence-electron chi connectivity index (χ3n) is 3.24. The van der Waals surface area contributed by atoms with Crippen molar-refractivity contribution >= 4 is 27.3 Å². The molecule has 0 saturated carbocycles. The summed E-state index contributed by atoms with van der Waals surface area (Å²) in [5.74, 6) is -0.377. The number of hydrogen-bond donors (Lipinski definition) is 2. The van der Waals surface area contributed by atoms with E-state index in [1.165, 1.54) is 38.1 Å². The second-order valence-corrected chi connectivity index (χ2v) is 7.00. The molecule has 2 aromatic carbocycles. The zero-order chi connectivity index (χ0) is 18.8. The Morgan fingerprint density at radius 2 is 1.72 bits per heavy atom. The molecule has 1 amide bonds. The lowest BCUT2D eigenvalue weighted by Gasteiger charge is -2.13. The molecule has 0 aliphatic carbocycles. The molecule has 2 aromatic rings. The zero-order valence-corrected chi connectivity index (χ0v) is 14.1. The second kappa shape index (κ2) is 6.75. The fraction of sp³-hybridized carbons (Fsp3) is 0.188. The van der Waals surface area contributed by atoms with Gasteiger partial charge in [0.1, 0.15) is 0 Å². The van der Waals surface area contributed by atoms with Crippen molar-refractivity contribution in [2.24, 2.45) is 0 Å². The number of anilines is 2. The van der Waals surface area contributed by atoms with Crippen LogP contribution in [-0.4, -0.2) is 14.3 Å². The monoisotopic (exact) mass is 372 g/mol. The lowest BCUT2D eigenvalue weighted by molar-refractivity contribution is -0.137. The molecule has 2 N–H and O–H groups in total. The van der Waals surface area contributed by atoms with Crippen LogP contribution in [-0.2, 0) is 21.0 Å². The Labute approximate surface area is 142 Å². The predicted octanol–water partition coefficient (Wildman–Crippen LogP) is 3.77. The molecule has 0 atom stereocenters. The maximum Gasteiger partial charge on any atom is 0.416 e. The molecular formula is C16H15F3N2O3S. The third kappa shape index (κ3) is 4.72. The van der Waals surface area contributed by atoms with Crippen molar-refractivity contribution in [3.05, 3.63) is 53.6 Å². The number of carbonyl (C=O) groups excluding carboxylic acids is 1. The molecule has 0 aliphatic heterocycles. The molecule has 0 bridgehead atoms. The van der Waals surface area contributed by atoms with E-state index in [0.29, 0.717) is 11.6 Å². The first-order valence-electron chi connectivity index (χ1n) is 7.07. The number of carbonyl (C=O) groups is 1. The summed E-state index contributed by atoms with van der Waals surface area (Å²) in [4.78, 5) is 11.0. The number of sulfonamides is 1. The molecule has 5 nitrogen and oxygen atoms in total. The second-order valence-electron chi connectivity index (χ2n) is 5.35. The van der Waals surface area contributed by atoms with Crippen molar-refractivity contribution in [3.8, 4) is 0 Å². The standard InChI is InChI=1S/C16H15F3N2O3S/c1-10-6-7-13(20-11(2)22)9-15(10)25(23,24)21-14-5-3-4-12(8-14)16(17,18)19/h3-9,21H,1-2H3,(H,20,22). The van der Waals surface area contributed by atoms with E-state index in [1.807, 2.05) is 0 Å². The highest BCUT2D eigenvalue weighted by Crippen LogP contribution is 2.31. The van der Waals surface area contributed by atoms with Gasteiger partial charge in [-0.15, -0.1) is 0 Å². The van der Waals surface area contributed by atoms with Gasteiger partial charge in [0.25, 0.3) is 10.0 Å². The molecule has 0 radical (unpaired) electrons. The summed E-state index contributed by atoms with van der Waals surface area (Å²) >= 11 is 0. The van der Waals surface area contributed by atoms with Crippen LogP contribution in [0.25, 0.3) is 0 Å². The molecule has 9 heteroatoms. The molecule has 0 fully saturated rings. The van der Waals surface area contributed by atoms with Crippen LogP contribution in [0.15, 0.2) is 47.4 Å². The zero-order valence-electron chi connectivity index (χ0n) is 13.3. The van der Waals surface area contributed by atoms with Crippen LogP contribution in [0.1, 0.15) is 18.1 Å². The summed E-state index contributed by atoms with van der Waals surface area (Å²) in [6, 6.07) is 8.16. The van der Waals surface area contributed by atoms with Gasteiger partial charge in [-0.2, -0.15) is 13.2 Å². The fourth-order valence-corrected chi connectivity index (χ4v) is 3.46. The van der Waals surface area contributed by atoms with E-state index in [-0.39, 0.29) is 22.2 Å². The van der Waals surface area contributed by atoms with Gasteiger partial charge in [-0.1, -0.05) is 12.1 Å². The summed E-state index contributed by atoms with van der Waals surface area (Å²) in [6.07, 6.45) is -4.58. The maximum atomic E-state index is 12.7. The molecule has 134 valence electrons. The van der Waals surface area contributed by atoms with Gasteiger partial charge in [0, 0.05) is 18.3 Å². The van der Waals surface area contributed by atoms with E-state index in [2.05, 4.69) is 10.0 Å². The number of hydrogen-bond acceptors (Lipinski definition) is 3. The molecule has 0 aliphatic rings. The molecule has 2 rings (SSSR count). The van der Waals surface area contributed by atoms with Gasteiger partial charge in [0.2, 0.25) is 5.91 Å². The predicted molar refractivity (Wildman–Crippen MR) is 87.7 cm³/mol. The van der Waals surface area contributed by atoms with Crippen LogP contribution >= 0.6 is 0 Å². The normalized spacial score (nSPS) is 11.9. The first-order valence-corrected chi connectivity index (χ1v) is 8.56. The van der Waals surface area contributed by atoms with Gasteiger partial charge in [-0.3, -0.25) is 9.52 Å². The highest BCUT2D eigenvalue weighted by molar-refractivity contribution is 7.92. The fourth-order valence-electron chi connectivity index (χ4n) is 2.14. The van der Waals surface area contributed by atoms with E-state index < -0.39 is 21.8 Å². The Hall–Kier alpha value is -2.55. The first-order chi connectivity index (χ1) is 11.5. The Kier molecular flexibility index (Phi) is 5.07. The number of amides is 1. The average Bonchev–Trinajstić information content (AvgIpc) is 2.47. The maximum absolute atomic E-state index is 12.7. The molecule has 0 saturated heterocycles. The van der Waals surface area contributed by atoms with E-state index in [9.17, 15) is 26.4 Å². The van der Waals surface area contributed by atoms with E-state index in [0.717, 1.165) is 12.1 Å². The Morgan fingerprint density at radius 3 is 2.32 bits per heavy atom. The third-order valence-corrected chi connectivity index (χ3v) is 4.76. The van der Waals surface area contributed by atoms with Crippen molar-refractivity contribution in [2.75, 3.05) is 10.0 Å². The summed E-state index contributed by atoms with van der Waals surface area (Å²) in [6.45, 7) is 2.81. The van der Waals surface area contributed by atoms with E-state index in [4.69, 9.17) is 0 Å². The van der Waals surface area contributed by atoms with Gasteiger partial charge in [-0.25, -0.2) is 8.42 Å².